The van der Waals surface area contributed by atoms with E-state index in [4.69, 9.17) is 10.2 Å². The minimum Gasteiger partial charge on any atom is -0.465 e. The highest BCUT2D eigenvalue weighted by atomic mass is 16.4. The summed E-state index contributed by atoms with van der Waals surface area (Å²) < 4.78 is 0. The van der Waals surface area contributed by atoms with Crippen LogP contribution in [0, 0.1) is 0 Å². The molecular weight excluding hydrogens is 162 g/mol. The summed E-state index contributed by atoms with van der Waals surface area (Å²) in [5.41, 5.74) is -0.814. The molecule has 2 atom stereocenters. The van der Waals surface area contributed by atoms with Crippen molar-refractivity contribution < 1.29 is 20.1 Å². The van der Waals surface area contributed by atoms with Crippen LogP contribution in [0.15, 0.2) is 0 Å². The van der Waals surface area contributed by atoms with Gasteiger partial charge < -0.3 is 15.3 Å². The van der Waals surface area contributed by atoms with Gasteiger partial charge in [0, 0.05) is 6.42 Å². The zero-order chi connectivity index (χ0) is 9.35. The maximum Gasteiger partial charge on any atom is 0.407 e. The number of nitrogens with zero attached hydrogens (tertiary/aromatic N) is 1. The van der Waals surface area contributed by atoms with Gasteiger partial charge in [-0.05, 0) is 6.92 Å². The molecule has 1 fully saturated rings. The van der Waals surface area contributed by atoms with Crippen LogP contribution in [0.25, 0.3) is 0 Å². The number of aliphatic hydroxyl groups is 2. The fourth-order valence-electron chi connectivity index (χ4n) is 1.57. The first-order chi connectivity index (χ1) is 5.49. The molecule has 1 amide bonds. The van der Waals surface area contributed by atoms with Crippen LogP contribution in [-0.2, 0) is 0 Å². The van der Waals surface area contributed by atoms with E-state index in [1.165, 1.54) is 0 Å². The molecule has 1 aliphatic rings. The SMILES string of the molecule is C[C@@]1(CO)C[C@@H](O)CN1C(=O)O. The Morgan fingerprint density at radius 3 is 2.67 bits per heavy atom. The molecule has 0 aliphatic carbocycles. The van der Waals surface area contributed by atoms with Crippen LogP contribution in [-0.4, -0.2) is 51.1 Å². The Morgan fingerprint density at radius 1 is 1.75 bits per heavy atom. The van der Waals surface area contributed by atoms with Crippen molar-refractivity contribution in [3.63, 3.8) is 0 Å². The highest BCUT2D eigenvalue weighted by Crippen LogP contribution is 2.28. The zero-order valence-corrected chi connectivity index (χ0v) is 6.90. The average molecular weight is 175 g/mol. The van der Waals surface area contributed by atoms with Crippen LogP contribution < -0.4 is 0 Å². The third-order valence-corrected chi connectivity index (χ3v) is 2.29. The number of carboxylic acid groups (broad SMARTS) is 1. The second-order valence-electron chi connectivity index (χ2n) is 3.41. The average Bonchev–Trinajstić information content (AvgIpc) is 2.27. The number of hydrogen-bond acceptors (Lipinski definition) is 3. The number of likely N-dealkylation sites (tertiary alicyclic amines) is 1. The molecule has 0 bridgehead atoms. The predicted octanol–water partition coefficient (Wildman–Crippen LogP) is -0.518. The summed E-state index contributed by atoms with van der Waals surface area (Å²) >= 11 is 0. The topological polar surface area (TPSA) is 81.0 Å². The highest BCUT2D eigenvalue weighted by molar-refractivity contribution is 5.66. The van der Waals surface area contributed by atoms with Gasteiger partial charge in [0.2, 0.25) is 0 Å². The molecule has 0 radical (unpaired) electrons. The van der Waals surface area contributed by atoms with E-state index in [-0.39, 0.29) is 13.2 Å². The smallest absolute Gasteiger partial charge is 0.407 e. The van der Waals surface area contributed by atoms with Crippen molar-refractivity contribution in [2.75, 3.05) is 13.2 Å². The molecule has 0 spiro atoms. The molecule has 5 heteroatoms. The third kappa shape index (κ3) is 1.37. The van der Waals surface area contributed by atoms with Gasteiger partial charge in [0.15, 0.2) is 0 Å². The molecule has 1 saturated heterocycles. The zero-order valence-electron chi connectivity index (χ0n) is 6.90. The van der Waals surface area contributed by atoms with E-state index in [2.05, 4.69) is 0 Å². The Balaban J connectivity index is 2.78. The Kier molecular flexibility index (Phi) is 2.25. The van der Waals surface area contributed by atoms with E-state index in [9.17, 15) is 9.90 Å². The molecule has 70 valence electrons. The van der Waals surface area contributed by atoms with Crippen LogP contribution >= 0.6 is 0 Å². The molecule has 12 heavy (non-hydrogen) atoms. The van der Waals surface area contributed by atoms with Gasteiger partial charge in [0.1, 0.15) is 0 Å². The maximum absolute atomic E-state index is 10.6. The monoisotopic (exact) mass is 175 g/mol. The Morgan fingerprint density at radius 2 is 2.33 bits per heavy atom. The summed E-state index contributed by atoms with van der Waals surface area (Å²) in [7, 11) is 0. The van der Waals surface area contributed by atoms with Crippen LogP contribution in [0.5, 0.6) is 0 Å². The first kappa shape index (κ1) is 9.28. The molecule has 0 aromatic carbocycles. The quantitative estimate of drug-likeness (QED) is 0.501. The van der Waals surface area contributed by atoms with Crippen molar-refractivity contribution >= 4 is 6.09 Å². The second kappa shape index (κ2) is 2.91. The van der Waals surface area contributed by atoms with E-state index in [0.717, 1.165) is 4.90 Å². The van der Waals surface area contributed by atoms with E-state index >= 15 is 0 Å². The highest BCUT2D eigenvalue weighted by Gasteiger charge is 2.43. The van der Waals surface area contributed by atoms with Crippen molar-refractivity contribution in [2.24, 2.45) is 0 Å². The number of amides is 1. The second-order valence-corrected chi connectivity index (χ2v) is 3.41. The van der Waals surface area contributed by atoms with Crippen LogP contribution in [0.2, 0.25) is 0 Å². The van der Waals surface area contributed by atoms with E-state index in [1.54, 1.807) is 6.92 Å². The summed E-state index contributed by atoms with van der Waals surface area (Å²) in [5.74, 6) is 0. The van der Waals surface area contributed by atoms with Gasteiger partial charge in [-0.2, -0.15) is 0 Å². The van der Waals surface area contributed by atoms with Gasteiger partial charge in [-0.3, -0.25) is 4.90 Å². The number of rotatable bonds is 1. The van der Waals surface area contributed by atoms with Gasteiger partial charge in [-0.25, -0.2) is 4.79 Å². The van der Waals surface area contributed by atoms with Crippen LogP contribution in [0.4, 0.5) is 4.79 Å². The van der Waals surface area contributed by atoms with Gasteiger partial charge in [-0.1, -0.05) is 0 Å². The minimum absolute atomic E-state index is 0.0897. The largest absolute Gasteiger partial charge is 0.465 e. The minimum atomic E-state index is -1.09. The number of carbonyl (C=O) groups is 1. The normalized spacial score (nSPS) is 35.6. The van der Waals surface area contributed by atoms with Crippen LogP contribution in [0.3, 0.4) is 0 Å². The van der Waals surface area contributed by atoms with E-state index < -0.39 is 17.7 Å². The van der Waals surface area contributed by atoms with E-state index in [1.807, 2.05) is 0 Å². The summed E-state index contributed by atoms with van der Waals surface area (Å²) in [6.45, 7) is 1.46. The summed E-state index contributed by atoms with van der Waals surface area (Å²) in [5, 5.41) is 26.8. The molecular formula is C7H13NO4. The van der Waals surface area contributed by atoms with Gasteiger partial charge >= 0.3 is 6.09 Å². The first-order valence-corrected chi connectivity index (χ1v) is 3.79. The number of β-amino-alcohol motifs (C(OH)–C–C–N with tert-alkyl or cyclic N) is 1. The van der Waals surface area contributed by atoms with Crippen molar-refractivity contribution in [2.45, 2.75) is 25.0 Å². The first-order valence-electron chi connectivity index (χ1n) is 3.79. The standard InChI is InChI=1S/C7H13NO4/c1-7(4-9)2-5(10)3-8(7)6(11)12/h5,9-10H,2-4H2,1H3,(H,11,12)/t5-,7+/m1/s1. The molecule has 1 aliphatic heterocycles. The van der Waals surface area contributed by atoms with Gasteiger partial charge in [0.25, 0.3) is 0 Å². The Hall–Kier alpha value is -0.810. The lowest BCUT2D eigenvalue weighted by molar-refractivity contribution is 0.0709. The maximum atomic E-state index is 10.6. The van der Waals surface area contributed by atoms with Crippen molar-refractivity contribution in [3.8, 4) is 0 Å². The fraction of sp³-hybridized carbons (Fsp3) is 0.857. The van der Waals surface area contributed by atoms with Gasteiger partial charge in [-0.15, -0.1) is 0 Å². The molecule has 0 saturated carbocycles. The number of hydrogen-bond donors (Lipinski definition) is 3. The molecule has 0 aromatic heterocycles. The molecule has 0 aromatic rings. The van der Waals surface area contributed by atoms with E-state index in [0.29, 0.717) is 6.42 Å². The molecule has 1 heterocycles. The summed E-state index contributed by atoms with van der Waals surface area (Å²) in [6, 6.07) is 0. The predicted molar refractivity (Wildman–Crippen MR) is 40.8 cm³/mol. The van der Waals surface area contributed by atoms with Crippen molar-refractivity contribution in [1.82, 2.24) is 4.90 Å². The van der Waals surface area contributed by atoms with Gasteiger partial charge in [0.05, 0.1) is 24.8 Å². The Bertz CT molecular complexity index is 196. The lowest BCUT2D eigenvalue weighted by Gasteiger charge is -2.30. The van der Waals surface area contributed by atoms with Crippen molar-refractivity contribution in [1.29, 1.82) is 0 Å². The van der Waals surface area contributed by atoms with Crippen LogP contribution in [0.1, 0.15) is 13.3 Å². The Labute approximate surface area is 70.2 Å². The fourth-order valence-corrected chi connectivity index (χ4v) is 1.57. The summed E-state index contributed by atoms with van der Waals surface area (Å²) in [6.07, 6.45) is -1.45. The number of aliphatic hydroxyl groups excluding tert-OH is 2. The molecule has 5 nitrogen and oxygen atoms in total. The van der Waals surface area contributed by atoms with Crippen molar-refractivity contribution in [3.05, 3.63) is 0 Å². The molecule has 1 rings (SSSR count). The lowest BCUT2D eigenvalue weighted by atomic mass is 10.00. The lowest BCUT2D eigenvalue weighted by Crippen LogP contribution is -2.47. The molecule has 0 unspecified atom stereocenters. The summed E-state index contributed by atoms with van der Waals surface area (Å²) in [4.78, 5) is 11.7. The molecule has 3 N–H and O–H groups in total. The third-order valence-electron chi connectivity index (χ3n) is 2.29.